The van der Waals surface area contributed by atoms with Gasteiger partial charge in [-0.05, 0) is 73.7 Å². The monoisotopic (exact) mass is 459 g/mol. The molecule has 2 atom stereocenters. The molecule has 34 heavy (non-hydrogen) atoms. The number of aliphatic imine (C=N–C) groups is 1. The van der Waals surface area contributed by atoms with E-state index in [4.69, 9.17) is 0 Å². The lowest BCUT2D eigenvalue weighted by Gasteiger charge is -2.12. The Bertz CT molecular complexity index is 1280. The van der Waals surface area contributed by atoms with Crippen molar-refractivity contribution in [3.05, 3.63) is 71.8 Å². The molecule has 4 heterocycles. The van der Waals surface area contributed by atoms with Gasteiger partial charge in [0.25, 0.3) is 0 Å². The zero-order chi connectivity index (χ0) is 23.1. The molecule has 2 aromatic carbocycles. The van der Waals surface area contributed by atoms with Crippen LogP contribution < -0.4 is 10.6 Å². The molecule has 3 aliphatic heterocycles. The minimum Gasteiger partial charge on any atom is -0.341 e. The number of hydrogen-bond donors (Lipinski definition) is 3. The SMILES string of the molecule is Fc1cc(-c2ccc(-c3cnc([C@@H]4CCCN4)[nH]3)c(F)c2)ccc1C1=CN=C([C@@H]2CCCN2)C1. The number of rotatable bonds is 5. The Morgan fingerprint density at radius 1 is 0.824 bits per heavy atom. The Kier molecular flexibility index (Phi) is 5.59. The Morgan fingerprint density at radius 3 is 2.15 bits per heavy atom. The van der Waals surface area contributed by atoms with Gasteiger partial charge in [0.05, 0.1) is 17.9 Å². The van der Waals surface area contributed by atoms with Gasteiger partial charge in [-0.1, -0.05) is 18.2 Å². The van der Waals surface area contributed by atoms with Crippen LogP contribution in [0.1, 0.15) is 49.5 Å². The highest BCUT2D eigenvalue weighted by Gasteiger charge is 2.25. The molecule has 174 valence electrons. The van der Waals surface area contributed by atoms with E-state index in [1.54, 1.807) is 24.5 Å². The molecule has 1 aromatic heterocycles. The first-order valence-electron chi connectivity index (χ1n) is 12.0. The molecule has 0 bridgehead atoms. The van der Waals surface area contributed by atoms with E-state index in [0.29, 0.717) is 40.4 Å². The highest BCUT2D eigenvalue weighted by Crippen LogP contribution is 2.33. The van der Waals surface area contributed by atoms with Crippen LogP contribution >= 0.6 is 0 Å². The number of aromatic amines is 1. The number of nitrogens with zero attached hydrogens (tertiary/aromatic N) is 2. The van der Waals surface area contributed by atoms with Gasteiger partial charge in [-0.2, -0.15) is 0 Å². The predicted molar refractivity (Wildman–Crippen MR) is 130 cm³/mol. The van der Waals surface area contributed by atoms with Gasteiger partial charge >= 0.3 is 0 Å². The maximum Gasteiger partial charge on any atom is 0.133 e. The third-order valence-electron chi connectivity index (χ3n) is 7.11. The normalized spacial score (nSPS) is 22.3. The molecule has 7 heteroatoms. The van der Waals surface area contributed by atoms with Crippen molar-refractivity contribution in [2.24, 2.45) is 4.99 Å². The van der Waals surface area contributed by atoms with Crippen LogP contribution in [0.5, 0.6) is 0 Å². The van der Waals surface area contributed by atoms with Crippen LogP contribution in [0, 0.1) is 11.6 Å². The van der Waals surface area contributed by atoms with Gasteiger partial charge in [-0.25, -0.2) is 13.8 Å². The first-order chi connectivity index (χ1) is 16.7. The summed E-state index contributed by atoms with van der Waals surface area (Å²) in [6.07, 6.45) is 8.49. The van der Waals surface area contributed by atoms with E-state index in [9.17, 15) is 0 Å². The average Bonchev–Trinajstić information content (AvgIpc) is 3.65. The number of hydrogen-bond acceptors (Lipinski definition) is 4. The first kappa shape index (κ1) is 21.4. The fourth-order valence-corrected chi connectivity index (χ4v) is 5.23. The van der Waals surface area contributed by atoms with E-state index in [-0.39, 0.29) is 17.7 Å². The van der Waals surface area contributed by atoms with Crippen molar-refractivity contribution in [3.8, 4) is 22.4 Å². The molecule has 0 saturated carbocycles. The summed E-state index contributed by atoms with van der Waals surface area (Å²) in [6, 6.07) is 10.6. The highest BCUT2D eigenvalue weighted by atomic mass is 19.1. The van der Waals surface area contributed by atoms with Gasteiger partial charge in [0.2, 0.25) is 0 Å². The fourth-order valence-electron chi connectivity index (χ4n) is 5.23. The number of halogens is 2. The van der Waals surface area contributed by atoms with Gasteiger partial charge in [0.1, 0.15) is 17.5 Å². The number of H-pyrrole nitrogens is 1. The molecule has 5 nitrogen and oxygen atoms in total. The Hall–Kier alpha value is -3.16. The smallest absolute Gasteiger partial charge is 0.133 e. The summed E-state index contributed by atoms with van der Waals surface area (Å²) in [7, 11) is 0. The molecule has 0 aliphatic carbocycles. The second-order valence-corrected chi connectivity index (χ2v) is 9.32. The molecule has 0 radical (unpaired) electrons. The maximum absolute atomic E-state index is 15.1. The van der Waals surface area contributed by atoms with Gasteiger partial charge in [0.15, 0.2) is 0 Å². The number of imidazole rings is 1. The lowest BCUT2D eigenvalue weighted by atomic mass is 9.95. The van der Waals surface area contributed by atoms with Crippen LogP contribution in [-0.4, -0.2) is 34.8 Å². The molecule has 2 fully saturated rings. The molecule has 2 saturated heterocycles. The van der Waals surface area contributed by atoms with Gasteiger partial charge in [-0.15, -0.1) is 0 Å². The van der Waals surface area contributed by atoms with Crippen molar-refractivity contribution in [2.45, 2.75) is 44.2 Å². The molecule has 3 N–H and O–H groups in total. The molecule has 3 aromatic rings. The minimum atomic E-state index is -0.364. The van der Waals surface area contributed by atoms with Crippen LogP contribution in [0.25, 0.3) is 28.0 Å². The summed E-state index contributed by atoms with van der Waals surface area (Å²) in [4.78, 5) is 12.2. The standard InChI is InChI=1S/C27H27F2N5/c28-21-11-16(5-7-19(21)18-13-25(32-14-18)23-3-1-9-30-23)17-6-8-20(22(29)12-17)26-15-33-27(34-26)24-4-2-10-31-24/h5-8,11-12,14-15,23-24,30-31H,1-4,9-10,13H2,(H,33,34)/t23-,24-/m0/s1. The highest BCUT2D eigenvalue weighted by molar-refractivity contribution is 6.01. The lowest BCUT2D eigenvalue weighted by Crippen LogP contribution is -2.29. The first-order valence-corrected chi connectivity index (χ1v) is 12.0. The number of nitrogens with one attached hydrogen (secondary N) is 3. The van der Waals surface area contributed by atoms with E-state index >= 15 is 8.78 Å². The molecular weight excluding hydrogens is 432 g/mol. The summed E-state index contributed by atoms with van der Waals surface area (Å²) < 4.78 is 30.1. The maximum atomic E-state index is 15.1. The second kappa shape index (κ2) is 8.89. The van der Waals surface area contributed by atoms with E-state index in [1.807, 2.05) is 12.1 Å². The Labute approximate surface area is 197 Å². The number of allylic oxidation sites excluding steroid dienone is 1. The molecule has 0 amide bonds. The van der Waals surface area contributed by atoms with E-state index < -0.39 is 0 Å². The Morgan fingerprint density at radius 2 is 1.50 bits per heavy atom. The molecule has 6 rings (SSSR count). The van der Waals surface area contributed by atoms with Crippen LogP contribution in [0.15, 0.2) is 53.8 Å². The Balaban J connectivity index is 1.20. The zero-order valence-corrected chi connectivity index (χ0v) is 18.9. The summed E-state index contributed by atoms with van der Waals surface area (Å²) >= 11 is 0. The van der Waals surface area contributed by atoms with Gasteiger partial charge in [-0.3, -0.25) is 4.99 Å². The van der Waals surface area contributed by atoms with Crippen molar-refractivity contribution < 1.29 is 8.78 Å². The molecule has 0 spiro atoms. The molecule has 3 aliphatic rings. The van der Waals surface area contributed by atoms with E-state index in [2.05, 4.69) is 25.6 Å². The van der Waals surface area contributed by atoms with Crippen LogP contribution in [0.2, 0.25) is 0 Å². The minimum absolute atomic E-state index is 0.198. The molecular formula is C27H27F2N5. The average molecular weight is 460 g/mol. The van der Waals surface area contributed by atoms with E-state index in [1.165, 1.54) is 12.1 Å². The third kappa shape index (κ3) is 3.99. The topological polar surface area (TPSA) is 65.1 Å². The predicted octanol–water partition coefficient (Wildman–Crippen LogP) is 5.38. The quantitative estimate of drug-likeness (QED) is 0.480. The van der Waals surface area contributed by atoms with Crippen molar-refractivity contribution in [1.82, 2.24) is 20.6 Å². The lowest BCUT2D eigenvalue weighted by molar-refractivity contribution is 0.612. The summed E-state index contributed by atoms with van der Waals surface area (Å²) in [5, 5.41) is 6.84. The largest absolute Gasteiger partial charge is 0.341 e. The van der Waals surface area contributed by atoms with E-state index in [0.717, 1.165) is 55.9 Å². The van der Waals surface area contributed by atoms with Gasteiger partial charge in [0, 0.05) is 35.5 Å². The van der Waals surface area contributed by atoms with Crippen molar-refractivity contribution in [3.63, 3.8) is 0 Å². The second-order valence-electron chi connectivity index (χ2n) is 9.32. The van der Waals surface area contributed by atoms with Crippen LogP contribution in [0.3, 0.4) is 0 Å². The number of aromatic nitrogens is 2. The van der Waals surface area contributed by atoms with Crippen LogP contribution in [-0.2, 0) is 0 Å². The summed E-state index contributed by atoms with van der Waals surface area (Å²) in [6.45, 7) is 1.99. The van der Waals surface area contributed by atoms with Crippen LogP contribution in [0.4, 0.5) is 8.78 Å². The van der Waals surface area contributed by atoms with Crippen molar-refractivity contribution in [1.29, 1.82) is 0 Å². The van der Waals surface area contributed by atoms with Crippen molar-refractivity contribution >= 4 is 11.3 Å². The summed E-state index contributed by atoms with van der Waals surface area (Å²) in [5.41, 5.74) is 4.91. The zero-order valence-electron chi connectivity index (χ0n) is 18.9. The fraction of sp³-hybridized carbons (Fsp3) is 0.333. The third-order valence-corrected chi connectivity index (χ3v) is 7.11. The van der Waals surface area contributed by atoms with Gasteiger partial charge < -0.3 is 15.6 Å². The molecule has 0 unspecified atom stereocenters. The number of benzene rings is 2. The van der Waals surface area contributed by atoms with Crippen molar-refractivity contribution in [2.75, 3.05) is 13.1 Å². The summed E-state index contributed by atoms with van der Waals surface area (Å²) in [5.74, 6) is 0.161.